The van der Waals surface area contributed by atoms with E-state index in [0.29, 0.717) is 0 Å². The van der Waals surface area contributed by atoms with Crippen molar-refractivity contribution in [2.75, 3.05) is 13.1 Å². The van der Waals surface area contributed by atoms with Crippen molar-refractivity contribution < 1.29 is 14.6 Å². The van der Waals surface area contributed by atoms with Gasteiger partial charge in [-0.3, -0.25) is 4.90 Å². The van der Waals surface area contributed by atoms with Crippen LogP contribution in [0.4, 0.5) is 0 Å². The minimum atomic E-state index is -1.00. The number of ether oxygens (including phenoxy) is 1. The first kappa shape index (κ1) is 25.9. The third-order valence-corrected chi connectivity index (χ3v) is 7.92. The van der Waals surface area contributed by atoms with Crippen molar-refractivity contribution in [2.24, 2.45) is 5.92 Å². The summed E-state index contributed by atoms with van der Waals surface area (Å²) < 4.78 is 6.21. The summed E-state index contributed by atoms with van der Waals surface area (Å²) in [6.45, 7) is 15.4. The Morgan fingerprint density at radius 3 is 2.29 bits per heavy atom. The lowest BCUT2D eigenvalue weighted by Gasteiger charge is -2.37. The van der Waals surface area contributed by atoms with Crippen LogP contribution in [-0.2, 0) is 22.5 Å². The van der Waals surface area contributed by atoms with Crippen molar-refractivity contribution >= 4 is 5.97 Å². The molecule has 0 aromatic heterocycles. The quantitative estimate of drug-likeness (QED) is 0.480. The summed E-state index contributed by atoms with van der Waals surface area (Å²) >= 11 is 0. The smallest absolute Gasteiger partial charge is 0.337 e. The Morgan fingerprint density at radius 2 is 1.69 bits per heavy atom. The standard InChI is InChI=1S/C31H43NO3/c1-20-12-14-24(15-13-20)27-22(3)26-19-32(18-23-10-8-7-9-11-23)17-16-25(26)21(2)28(27)29(30(33)34)35-31(4,5)6/h12-15,23,29H,7-11,16-19H2,1-6H3,(H,33,34)/t29-/m0/s1. The maximum Gasteiger partial charge on any atom is 0.337 e. The molecule has 2 aromatic rings. The fourth-order valence-corrected chi connectivity index (χ4v) is 6.18. The van der Waals surface area contributed by atoms with Crippen LogP contribution in [0.25, 0.3) is 11.1 Å². The molecule has 4 rings (SSSR count). The van der Waals surface area contributed by atoms with Crippen LogP contribution in [0.15, 0.2) is 24.3 Å². The molecule has 0 saturated heterocycles. The number of aliphatic carboxylic acids is 1. The summed E-state index contributed by atoms with van der Waals surface area (Å²) in [5, 5.41) is 10.3. The summed E-state index contributed by atoms with van der Waals surface area (Å²) in [7, 11) is 0. The topological polar surface area (TPSA) is 49.8 Å². The average molecular weight is 478 g/mol. The van der Waals surface area contributed by atoms with Crippen LogP contribution < -0.4 is 0 Å². The SMILES string of the molecule is Cc1ccc(-c2c(C)c3c(c(C)c2[C@H](OC(C)(C)C)C(=O)O)CCN(CC2CCCCC2)C3)cc1. The van der Waals surface area contributed by atoms with Gasteiger partial charge >= 0.3 is 5.97 Å². The Hall–Kier alpha value is -2.17. The van der Waals surface area contributed by atoms with Crippen molar-refractivity contribution in [3.63, 3.8) is 0 Å². The van der Waals surface area contributed by atoms with Crippen LogP contribution in [0.5, 0.6) is 0 Å². The van der Waals surface area contributed by atoms with Gasteiger partial charge in [0.05, 0.1) is 5.60 Å². The molecule has 0 amide bonds. The molecule has 0 radical (unpaired) electrons. The Morgan fingerprint density at radius 1 is 1.03 bits per heavy atom. The first-order valence-corrected chi connectivity index (χ1v) is 13.4. The van der Waals surface area contributed by atoms with Gasteiger partial charge in [-0.25, -0.2) is 4.79 Å². The lowest BCUT2D eigenvalue weighted by molar-refractivity contribution is -0.160. The molecule has 1 aliphatic heterocycles. The van der Waals surface area contributed by atoms with Crippen LogP contribution >= 0.6 is 0 Å². The zero-order valence-corrected chi connectivity index (χ0v) is 22.5. The third-order valence-electron chi connectivity index (χ3n) is 7.92. The van der Waals surface area contributed by atoms with Crippen molar-refractivity contribution in [3.05, 3.63) is 57.6 Å². The van der Waals surface area contributed by atoms with Gasteiger partial charge in [0.25, 0.3) is 0 Å². The molecular formula is C31H43NO3. The number of benzene rings is 2. The lowest BCUT2D eigenvalue weighted by Crippen LogP contribution is -2.36. The molecule has 1 saturated carbocycles. The molecule has 1 fully saturated rings. The van der Waals surface area contributed by atoms with Gasteiger partial charge in [0.1, 0.15) is 0 Å². The summed E-state index contributed by atoms with van der Waals surface area (Å²) in [5.74, 6) is -0.107. The second kappa shape index (κ2) is 10.4. The van der Waals surface area contributed by atoms with Gasteiger partial charge in [0, 0.05) is 25.2 Å². The van der Waals surface area contributed by atoms with E-state index in [1.165, 1.54) is 60.9 Å². The Bertz CT molecular complexity index is 1060. The fourth-order valence-electron chi connectivity index (χ4n) is 6.18. The highest BCUT2D eigenvalue weighted by Crippen LogP contribution is 2.43. The first-order chi connectivity index (χ1) is 16.5. The van der Waals surface area contributed by atoms with E-state index in [1.54, 1.807) is 0 Å². The lowest BCUT2D eigenvalue weighted by atomic mass is 9.79. The van der Waals surface area contributed by atoms with Crippen LogP contribution in [0.1, 0.15) is 92.4 Å². The van der Waals surface area contributed by atoms with Crippen molar-refractivity contribution in [2.45, 2.75) is 98.3 Å². The predicted molar refractivity (Wildman–Crippen MR) is 143 cm³/mol. The molecule has 4 nitrogen and oxygen atoms in total. The molecule has 0 spiro atoms. The number of aryl methyl sites for hydroxylation is 1. The number of carboxylic acid groups (broad SMARTS) is 1. The normalized spacial score (nSPS) is 18.3. The van der Waals surface area contributed by atoms with Crippen LogP contribution in [-0.4, -0.2) is 34.7 Å². The monoisotopic (exact) mass is 477 g/mol. The second-order valence-electron chi connectivity index (χ2n) is 11.8. The molecule has 2 aromatic carbocycles. The van der Waals surface area contributed by atoms with Crippen LogP contribution in [0.2, 0.25) is 0 Å². The number of carboxylic acids is 1. The summed E-state index contributed by atoms with van der Waals surface area (Å²) in [6.07, 6.45) is 6.82. The van der Waals surface area contributed by atoms with E-state index in [0.717, 1.165) is 47.7 Å². The molecule has 0 unspecified atom stereocenters. The maximum absolute atomic E-state index is 12.6. The molecule has 1 N–H and O–H groups in total. The largest absolute Gasteiger partial charge is 0.479 e. The van der Waals surface area contributed by atoms with Gasteiger partial charge in [0.2, 0.25) is 0 Å². The van der Waals surface area contributed by atoms with Crippen LogP contribution in [0.3, 0.4) is 0 Å². The number of fused-ring (bicyclic) bond motifs is 1. The molecule has 190 valence electrons. The molecule has 1 atom stereocenters. The molecule has 4 heteroatoms. The van der Waals surface area contributed by atoms with Gasteiger partial charge in [0.15, 0.2) is 6.10 Å². The number of rotatable bonds is 6. The van der Waals surface area contributed by atoms with Gasteiger partial charge in [-0.2, -0.15) is 0 Å². The van der Waals surface area contributed by atoms with Crippen LogP contribution in [0, 0.1) is 26.7 Å². The van der Waals surface area contributed by atoms with E-state index < -0.39 is 17.7 Å². The molecule has 1 aliphatic carbocycles. The van der Waals surface area contributed by atoms with Gasteiger partial charge in [-0.1, -0.05) is 49.1 Å². The van der Waals surface area contributed by atoms with E-state index >= 15 is 0 Å². The highest BCUT2D eigenvalue weighted by atomic mass is 16.5. The van der Waals surface area contributed by atoms with Crippen molar-refractivity contribution in [3.8, 4) is 11.1 Å². The van der Waals surface area contributed by atoms with Gasteiger partial charge in [-0.05, 0) is 100 Å². The van der Waals surface area contributed by atoms with E-state index in [-0.39, 0.29) is 0 Å². The summed E-state index contributed by atoms with van der Waals surface area (Å²) in [5.41, 5.74) is 8.59. The molecule has 1 heterocycles. The van der Waals surface area contributed by atoms with Gasteiger partial charge < -0.3 is 9.84 Å². The van der Waals surface area contributed by atoms with Gasteiger partial charge in [-0.15, -0.1) is 0 Å². The average Bonchev–Trinajstić information content (AvgIpc) is 2.80. The van der Waals surface area contributed by atoms with E-state index in [1.807, 2.05) is 20.8 Å². The van der Waals surface area contributed by atoms with Crippen molar-refractivity contribution in [1.82, 2.24) is 4.90 Å². The highest BCUT2D eigenvalue weighted by Gasteiger charge is 2.35. The maximum atomic E-state index is 12.6. The number of hydrogen-bond acceptors (Lipinski definition) is 3. The third kappa shape index (κ3) is 5.81. The number of hydrogen-bond donors (Lipinski definition) is 1. The van der Waals surface area contributed by atoms with Crippen molar-refractivity contribution in [1.29, 1.82) is 0 Å². The Balaban J connectivity index is 1.82. The first-order valence-electron chi connectivity index (χ1n) is 13.4. The van der Waals surface area contributed by atoms with E-state index in [4.69, 9.17) is 4.74 Å². The number of carbonyl (C=O) groups is 1. The zero-order chi connectivity index (χ0) is 25.3. The minimum Gasteiger partial charge on any atom is -0.479 e. The molecule has 35 heavy (non-hydrogen) atoms. The Labute approximate surface area is 211 Å². The van der Waals surface area contributed by atoms with E-state index in [2.05, 4.69) is 49.9 Å². The fraction of sp³-hybridized carbons (Fsp3) is 0.581. The predicted octanol–water partition coefficient (Wildman–Crippen LogP) is 7.16. The second-order valence-corrected chi connectivity index (χ2v) is 11.8. The van der Waals surface area contributed by atoms with E-state index in [9.17, 15) is 9.90 Å². The minimum absolute atomic E-state index is 0.569. The number of nitrogens with zero attached hydrogens (tertiary/aromatic N) is 1. The molecule has 2 aliphatic rings. The zero-order valence-electron chi connectivity index (χ0n) is 22.5. The molecule has 0 bridgehead atoms. The summed E-state index contributed by atoms with van der Waals surface area (Å²) in [6, 6.07) is 8.49. The Kier molecular flexibility index (Phi) is 7.73. The highest BCUT2D eigenvalue weighted by molar-refractivity contribution is 5.84. The summed E-state index contributed by atoms with van der Waals surface area (Å²) in [4.78, 5) is 15.2. The molecular weight excluding hydrogens is 434 g/mol.